The van der Waals surface area contributed by atoms with Gasteiger partial charge in [0.25, 0.3) is 5.91 Å². The Hall–Kier alpha value is -1.97. The number of hydroxylamine groups is 2. The van der Waals surface area contributed by atoms with Gasteiger partial charge in [-0.2, -0.15) is 18.2 Å². The first kappa shape index (κ1) is 15.6. The number of carbonyl (C=O) groups excluding carboxylic acids is 2. The molecule has 0 unspecified atom stereocenters. The maximum absolute atomic E-state index is 12.9. The minimum Gasteiger partial charge on any atom is -0.378 e. The highest BCUT2D eigenvalue weighted by atomic mass is 19.4. The minimum atomic E-state index is -4.55. The Kier molecular flexibility index (Phi) is 3.41. The highest BCUT2D eigenvalue weighted by Crippen LogP contribution is 2.40. The van der Waals surface area contributed by atoms with Crippen LogP contribution in [-0.4, -0.2) is 48.8 Å². The lowest BCUT2D eigenvalue weighted by Crippen LogP contribution is -2.46. The van der Waals surface area contributed by atoms with Gasteiger partial charge in [-0.25, -0.2) is 4.90 Å². The molecule has 1 aromatic rings. The van der Waals surface area contributed by atoms with Crippen molar-refractivity contribution < 1.29 is 32.3 Å². The van der Waals surface area contributed by atoms with E-state index in [9.17, 15) is 22.8 Å². The zero-order chi connectivity index (χ0) is 17.1. The number of amides is 2. The number of alkyl halides is 3. The van der Waals surface area contributed by atoms with Crippen LogP contribution in [0.2, 0.25) is 0 Å². The van der Waals surface area contributed by atoms with E-state index < -0.39 is 41.6 Å². The molecule has 128 valence electrons. The molecule has 0 spiro atoms. The van der Waals surface area contributed by atoms with Crippen LogP contribution in [-0.2, 0) is 25.3 Å². The molecule has 3 heterocycles. The van der Waals surface area contributed by atoms with Crippen LogP contribution in [0.15, 0.2) is 24.3 Å². The summed E-state index contributed by atoms with van der Waals surface area (Å²) in [6.07, 6.45) is -5.55. The van der Waals surface area contributed by atoms with Gasteiger partial charge in [0.1, 0.15) is 0 Å². The lowest BCUT2D eigenvalue weighted by atomic mass is 9.97. The summed E-state index contributed by atoms with van der Waals surface area (Å²) >= 11 is 0. The van der Waals surface area contributed by atoms with E-state index in [1.165, 1.54) is 12.1 Å². The van der Waals surface area contributed by atoms with Crippen molar-refractivity contribution in [3.05, 3.63) is 29.8 Å². The second kappa shape index (κ2) is 5.27. The van der Waals surface area contributed by atoms with E-state index in [1.807, 2.05) is 0 Å². The Morgan fingerprint density at radius 2 is 1.96 bits per heavy atom. The number of ether oxygens (including phenoxy) is 1. The van der Waals surface area contributed by atoms with Gasteiger partial charge in [-0.15, -0.1) is 0 Å². The number of morpholine rings is 1. The van der Waals surface area contributed by atoms with E-state index in [4.69, 9.17) is 9.57 Å². The summed E-state index contributed by atoms with van der Waals surface area (Å²) < 4.78 is 43.9. The molecule has 3 aliphatic rings. The van der Waals surface area contributed by atoms with Crippen molar-refractivity contribution in [1.82, 2.24) is 5.06 Å². The third kappa shape index (κ3) is 2.23. The van der Waals surface area contributed by atoms with Crippen molar-refractivity contribution in [2.75, 3.05) is 24.7 Å². The Morgan fingerprint density at radius 1 is 1.17 bits per heavy atom. The summed E-state index contributed by atoms with van der Waals surface area (Å²) in [5.74, 6) is -1.95. The summed E-state index contributed by atoms with van der Waals surface area (Å²) in [5.41, 5.74) is -1.01. The van der Waals surface area contributed by atoms with Crippen LogP contribution in [0.3, 0.4) is 0 Å². The lowest BCUT2D eigenvalue weighted by Gasteiger charge is -2.30. The summed E-state index contributed by atoms with van der Waals surface area (Å²) in [6, 6.07) is 3.77. The average Bonchev–Trinajstić information content (AvgIpc) is 3.03. The van der Waals surface area contributed by atoms with Gasteiger partial charge in [0.2, 0.25) is 5.91 Å². The fraction of sp³-hybridized carbons (Fsp3) is 0.467. The standard InChI is InChI=1S/C15H13F3N2O4/c16-15(17,18)8-2-1-3-9(6-8)20-13(21)11-10-7-23-5-4-19(10)24-12(11)14(20)22/h1-3,6,10-12H,4-5,7H2/t10-,11+,12+/m1/s1. The highest BCUT2D eigenvalue weighted by Gasteiger charge is 2.60. The number of anilines is 1. The molecule has 3 saturated heterocycles. The summed E-state index contributed by atoms with van der Waals surface area (Å²) in [5, 5.41) is 1.57. The predicted molar refractivity (Wildman–Crippen MR) is 73.6 cm³/mol. The number of hydrogen-bond acceptors (Lipinski definition) is 5. The van der Waals surface area contributed by atoms with E-state index in [0.717, 1.165) is 17.0 Å². The van der Waals surface area contributed by atoms with Gasteiger partial charge in [0.05, 0.1) is 36.4 Å². The van der Waals surface area contributed by atoms with Crippen LogP contribution in [0, 0.1) is 5.92 Å². The van der Waals surface area contributed by atoms with E-state index in [-0.39, 0.29) is 12.3 Å². The van der Waals surface area contributed by atoms with Crippen molar-refractivity contribution in [2.45, 2.75) is 18.3 Å². The minimum absolute atomic E-state index is 0.0962. The quantitative estimate of drug-likeness (QED) is 0.718. The molecular formula is C15H13F3N2O4. The van der Waals surface area contributed by atoms with Crippen LogP contribution in [0.25, 0.3) is 0 Å². The van der Waals surface area contributed by atoms with Gasteiger partial charge in [-0.05, 0) is 18.2 Å². The summed E-state index contributed by atoms with van der Waals surface area (Å²) in [6.45, 7) is 1.13. The van der Waals surface area contributed by atoms with Crippen molar-refractivity contribution >= 4 is 17.5 Å². The number of halogens is 3. The normalized spacial score (nSPS) is 30.6. The predicted octanol–water partition coefficient (Wildman–Crippen LogP) is 1.21. The third-order valence-electron chi connectivity index (χ3n) is 4.51. The first-order valence-electron chi connectivity index (χ1n) is 7.44. The molecule has 9 heteroatoms. The molecule has 3 fully saturated rings. The molecule has 0 radical (unpaired) electrons. The second-order valence-corrected chi connectivity index (χ2v) is 5.89. The lowest BCUT2D eigenvalue weighted by molar-refractivity contribution is -0.197. The molecular weight excluding hydrogens is 329 g/mol. The van der Waals surface area contributed by atoms with E-state index >= 15 is 0 Å². The first-order valence-corrected chi connectivity index (χ1v) is 7.44. The summed E-state index contributed by atoms with van der Waals surface area (Å²) in [4.78, 5) is 31.5. The van der Waals surface area contributed by atoms with Crippen molar-refractivity contribution in [3.63, 3.8) is 0 Å². The Balaban J connectivity index is 1.67. The largest absolute Gasteiger partial charge is 0.416 e. The van der Waals surface area contributed by atoms with Gasteiger partial charge < -0.3 is 4.74 Å². The topological polar surface area (TPSA) is 59.1 Å². The zero-order valence-electron chi connectivity index (χ0n) is 12.3. The number of hydrogen-bond donors (Lipinski definition) is 0. The van der Waals surface area contributed by atoms with E-state index in [0.29, 0.717) is 13.2 Å². The number of imide groups is 1. The average molecular weight is 342 g/mol. The highest BCUT2D eigenvalue weighted by molar-refractivity contribution is 6.23. The monoisotopic (exact) mass is 342 g/mol. The van der Waals surface area contributed by atoms with Crippen LogP contribution in [0.1, 0.15) is 5.56 Å². The third-order valence-corrected chi connectivity index (χ3v) is 4.51. The Morgan fingerprint density at radius 3 is 2.71 bits per heavy atom. The molecule has 0 aromatic heterocycles. The van der Waals surface area contributed by atoms with Crippen molar-refractivity contribution in [2.24, 2.45) is 5.92 Å². The number of benzene rings is 1. The number of rotatable bonds is 1. The number of carbonyl (C=O) groups is 2. The molecule has 0 aliphatic carbocycles. The smallest absolute Gasteiger partial charge is 0.378 e. The number of nitrogens with zero attached hydrogens (tertiary/aromatic N) is 2. The molecule has 2 amide bonds. The molecule has 4 rings (SSSR count). The Bertz CT molecular complexity index is 708. The van der Waals surface area contributed by atoms with Gasteiger partial charge in [-0.3, -0.25) is 14.4 Å². The van der Waals surface area contributed by atoms with Crippen molar-refractivity contribution in [1.29, 1.82) is 0 Å². The first-order chi connectivity index (χ1) is 11.4. The SMILES string of the molecule is O=C1[C@@H]2[C@H](ON3CCOC[C@H]23)C(=O)N1c1cccc(C(F)(F)F)c1. The van der Waals surface area contributed by atoms with Crippen molar-refractivity contribution in [3.8, 4) is 0 Å². The van der Waals surface area contributed by atoms with Crippen LogP contribution >= 0.6 is 0 Å². The van der Waals surface area contributed by atoms with Gasteiger partial charge >= 0.3 is 6.18 Å². The molecule has 1 aromatic carbocycles. The molecule has 3 atom stereocenters. The fourth-order valence-corrected chi connectivity index (χ4v) is 3.39. The molecule has 3 aliphatic heterocycles. The van der Waals surface area contributed by atoms with Gasteiger partial charge in [-0.1, -0.05) is 6.07 Å². The molecule has 6 nitrogen and oxygen atoms in total. The molecule has 0 saturated carbocycles. The van der Waals surface area contributed by atoms with Crippen LogP contribution in [0.4, 0.5) is 18.9 Å². The fourth-order valence-electron chi connectivity index (χ4n) is 3.39. The van der Waals surface area contributed by atoms with Gasteiger partial charge in [0.15, 0.2) is 6.10 Å². The van der Waals surface area contributed by atoms with Crippen LogP contribution in [0.5, 0.6) is 0 Å². The second-order valence-electron chi connectivity index (χ2n) is 5.89. The van der Waals surface area contributed by atoms with Gasteiger partial charge in [0, 0.05) is 6.54 Å². The maximum Gasteiger partial charge on any atom is 0.416 e. The summed E-state index contributed by atoms with van der Waals surface area (Å²) in [7, 11) is 0. The maximum atomic E-state index is 12.9. The number of fused-ring (bicyclic) bond motifs is 3. The van der Waals surface area contributed by atoms with E-state index in [2.05, 4.69) is 0 Å². The Labute approximate surface area is 134 Å². The molecule has 0 bridgehead atoms. The molecule has 24 heavy (non-hydrogen) atoms. The molecule has 0 N–H and O–H groups in total. The van der Waals surface area contributed by atoms with E-state index in [1.54, 1.807) is 5.06 Å². The van der Waals surface area contributed by atoms with Crippen LogP contribution < -0.4 is 4.90 Å². The zero-order valence-corrected chi connectivity index (χ0v) is 12.3.